The highest BCUT2D eigenvalue weighted by Crippen LogP contribution is 2.45. The normalized spacial score (nSPS) is 18.8. The molecule has 0 saturated carbocycles. The van der Waals surface area contributed by atoms with Crippen molar-refractivity contribution in [2.45, 2.75) is 51.1 Å². The Morgan fingerprint density at radius 1 is 1.07 bits per heavy atom. The van der Waals surface area contributed by atoms with Gasteiger partial charge in [-0.2, -0.15) is 5.10 Å². The number of aromatic nitrogens is 2. The van der Waals surface area contributed by atoms with Crippen molar-refractivity contribution in [2.75, 3.05) is 32.1 Å². The van der Waals surface area contributed by atoms with Crippen LogP contribution in [0.25, 0.3) is 11.1 Å². The van der Waals surface area contributed by atoms with Gasteiger partial charge in [0.1, 0.15) is 0 Å². The second-order valence-electron chi connectivity index (χ2n) is 11.1. The van der Waals surface area contributed by atoms with E-state index in [1.54, 1.807) is 47.0 Å². The Balaban J connectivity index is 1.47. The van der Waals surface area contributed by atoms with E-state index in [0.29, 0.717) is 43.7 Å². The minimum absolute atomic E-state index is 0.0145. The van der Waals surface area contributed by atoms with Gasteiger partial charge in [0.25, 0.3) is 6.43 Å². The molecule has 10 heteroatoms. The summed E-state index contributed by atoms with van der Waals surface area (Å²) in [5.41, 5.74) is 7.08. The van der Waals surface area contributed by atoms with Crippen LogP contribution < -0.4 is 10.2 Å². The molecule has 1 N–H and O–H groups in total. The lowest BCUT2D eigenvalue weighted by atomic mass is 9.86. The molecule has 0 spiro atoms. The maximum Gasteiger partial charge on any atom is 0.317 e. The lowest BCUT2D eigenvalue weighted by molar-refractivity contribution is -0.132. The fraction of sp³-hybridized carbons (Fsp3) is 0.433. The molecule has 3 amide bonds. The largest absolute Gasteiger partial charge is 0.346 e. The monoisotopic (exact) mass is 548 g/mol. The topological polar surface area (TPSA) is 73.7 Å². The highest BCUT2D eigenvalue weighted by Gasteiger charge is 2.33. The summed E-state index contributed by atoms with van der Waals surface area (Å²) in [5.74, 6) is 0.203. The van der Waals surface area contributed by atoms with Crippen LogP contribution in [0.5, 0.6) is 0 Å². The number of hydrogen-bond acceptors (Lipinski definition) is 4. The predicted octanol–water partition coefficient (Wildman–Crippen LogP) is 5.10. The SMILES string of the molecule is CNC(=O)N1Cc2cc(C3CCN(C)C(=O)C3)cc(N3CCCc4cc(-c5cnn(C)c5)c(C(F)F)cc43)c2C1. The number of benzene rings is 2. The molecular weight excluding hydrogens is 514 g/mol. The molecule has 0 aliphatic carbocycles. The van der Waals surface area contributed by atoms with Gasteiger partial charge in [-0.25, -0.2) is 13.6 Å². The minimum atomic E-state index is -2.64. The average molecular weight is 549 g/mol. The number of urea groups is 1. The number of piperidine rings is 1. The van der Waals surface area contributed by atoms with Crippen LogP contribution in [-0.4, -0.2) is 58.7 Å². The maximum atomic E-state index is 14.5. The van der Waals surface area contributed by atoms with Crippen LogP contribution in [0.4, 0.5) is 25.0 Å². The molecule has 0 radical (unpaired) electrons. The van der Waals surface area contributed by atoms with Gasteiger partial charge < -0.3 is 20.0 Å². The summed E-state index contributed by atoms with van der Waals surface area (Å²) >= 11 is 0. The first-order valence-electron chi connectivity index (χ1n) is 13.8. The van der Waals surface area contributed by atoms with Gasteiger partial charge in [-0.05, 0) is 65.6 Å². The lowest BCUT2D eigenvalue weighted by Crippen LogP contribution is -2.35. The molecule has 1 saturated heterocycles. The van der Waals surface area contributed by atoms with Crippen molar-refractivity contribution < 1.29 is 18.4 Å². The highest BCUT2D eigenvalue weighted by molar-refractivity contribution is 5.81. The number of halogens is 2. The average Bonchev–Trinajstić information content (AvgIpc) is 3.58. The van der Waals surface area contributed by atoms with Gasteiger partial charge in [0.05, 0.1) is 12.7 Å². The van der Waals surface area contributed by atoms with E-state index in [4.69, 9.17) is 0 Å². The Morgan fingerprint density at radius 3 is 2.60 bits per heavy atom. The molecule has 6 rings (SSSR count). The molecule has 1 fully saturated rings. The number of carbonyl (C=O) groups excluding carboxylic acids is 2. The molecule has 3 aliphatic rings. The molecule has 0 bridgehead atoms. The third-order valence-electron chi connectivity index (χ3n) is 8.59. The number of fused-ring (bicyclic) bond motifs is 2. The number of likely N-dealkylation sites (tertiary alicyclic amines) is 1. The molecule has 2 aromatic carbocycles. The zero-order valence-corrected chi connectivity index (χ0v) is 23.1. The summed E-state index contributed by atoms with van der Waals surface area (Å²) in [6.07, 6.45) is 3.71. The first-order chi connectivity index (χ1) is 19.2. The van der Waals surface area contributed by atoms with Crippen LogP contribution in [0.2, 0.25) is 0 Å². The van der Waals surface area contributed by atoms with E-state index in [9.17, 15) is 18.4 Å². The number of anilines is 2. The molecule has 3 aliphatic heterocycles. The number of rotatable bonds is 4. The van der Waals surface area contributed by atoms with Gasteiger partial charge in [-0.15, -0.1) is 0 Å². The Labute approximate surface area is 232 Å². The van der Waals surface area contributed by atoms with E-state index < -0.39 is 6.43 Å². The van der Waals surface area contributed by atoms with Crippen molar-refractivity contribution in [3.8, 4) is 11.1 Å². The molecule has 40 heavy (non-hydrogen) atoms. The number of nitrogens with zero attached hydrogens (tertiary/aromatic N) is 5. The highest BCUT2D eigenvalue weighted by atomic mass is 19.3. The Hall–Kier alpha value is -3.95. The summed E-state index contributed by atoms with van der Waals surface area (Å²) in [7, 11) is 5.23. The molecule has 3 aromatic rings. The van der Waals surface area contributed by atoms with Crippen LogP contribution in [0.1, 0.15) is 59.4 Å². The lowest BCUT2D eigenvalue weighted by Gasteiger charge is -2.35. The standard InChI is InChI=1S/C30H34F2N6O2/c1-33-30(40)37-16-21-9-20(18-6-8-35(2)28(39)12-18)11-27(25(21)17-37)38-7-4-5-19-10-23(22-14-34-36(3)15-22)24(29(31)32)13-26(19)38/h9-11,13-15,18,29H,4-8,12,16-17H2,1-3H3,(H,33,40). The summed E-state index contributed by atoms with van der Waals surface area (Å²) in [4.78, 5) is 30.8. The van der Waals surface area contributed by atoms with Crippen LogP contribution in [-0.2, 0) is 31.4 Å². The molecule has 1 unspecified atom stereocenters. The predicted molar refractivity (Wildman–Crippen MR) is 149 cm³/mol. The number of hydrogen-bond donors (Lipinski definition) is 1. The van der Waals surface area contributed by atoms with Crippen LogP contribution in [0, 0.1) is 0 Å². The van der Waals surface area contributed by atoms with Crippen LogP contribution >= 0.6 is 0 Å². The van der Waals surface area contributed by atoms with Crippen molar-refractivity contribution in [3.63, 3.8) is 0 Å². The summed E-state index contributed by atoms with van der Waals surface area (Å²) in [6.45, 7) is 2.30. The molecule has 8 nitrogen and oxygen atoms in total. The molecule has 210 valence electrons. The van der Waals surface area contributed by atoms with E-state index >= 15 is 0 Å². The fourth-order valence-corrected chi connectivity index (χ4v) is 6.41. The van der Waals surface area contributed by atoms with Gasteiger partial charge in [0.2, 0.25) is 5.91 Å². The van der Waals surface area contributed by atoms with Gasteiger partial charge in [0.15, 0.2) is 0 Å². The number of carbonyl (C=O) groups is 2. The van der Waals surface area contributed by atoms with Crippen molar-refractivity contribution >= 4 is 23.3 Å². The van der Waals surface area contributed by atoms with Crippen LogP contribution in [0.15, 0.2) is 36.7 Å². The van der Waals surface area contributed by atoms with Crippen LogP contribution in [0.3, 0.4) is 0 Å². The maximum absolute atomic E-state index is 14.5. The molecular formula is C30H34F2N6O2. The van der Waals surface area contributed by atoms with E-state index in [0.717, 1.165) is 52.9 Å². The van der Waals surface area contributed by atoms with E-state index in [-0.39, 0.29) is 23.4 Å². The number of nitrogens with one attached hydrogen (secondary N) is 1. The Kier molecular flexibility index (Phi) is 6.72. The molecule has 4 heterocycles. The number of alkyl halides is 2. The third kappa shape index (κ3) is 4.59. The molecule has 1 atom stereocenters. The zero-order chi connectivity index (χ0) is 28.1. The second kappa shape index (κ2) is 10.2. The summed E-state index contributed by atoms with van der Waals surface area (Å²) < 4.78 is 30.5. The van der Waals surface area contributed by atoms with E-state index in [1.807, 2.05) is 13.1 Å². The number of amides is 3. The first kappa shape index (κ1) is 26.3. The second-order valence-corrected chi connectivity index (χ2v) is 11.1. The minimum Gasteiger partial charge on any atom is -0.346 e. The van der Waals surface area contributed by atoms with E-state index in [1.165, 1.54) is 0 Å². The quantitative estimate of drug-likeness (QED) is 0.493. The van der Waals surface area contributed by atoms with Gasteiger partial charge >= 0.3 is 6.03 Å². The zero-order valence-electron chi connectivity index (χ0n) is 23.1. The van der Waals surface area contributed by atoms with Crippen molar-refractivity contribution in [1.29, 1.82) is 0 Å². The van der Waals surface area contributed by atoms with Crippen molar-refractivity contribution in [1.82, 2.24) is 24.9 Å². The first-order valence-corrected chi connectivity index (χ1v) is 13.8. The summed E-state index contributed by atoms with van der Waals surface area (Å²) in [6, 6.07) is 7.67. The van der Waals surface area contributed by atoms with Gasteiger partial charge in [-0.3, -0.25) is 9.48 Å². The Morgan fingerprint density at radius 2 is 1.90 bits per heavy atom. The smallest absolute Gasteiger partial charge is 0.317 e. The summed E-state index contributed by atoms with van der Waals surface area (Å²) in [5, 5.41) is 6.92. The van der Waals surface area contributed by atoms with Gasteiger partial charge in [-0.1, -0.05) is 6.07 Å². The van der Waals surface area contributed by atoms with E-state index in [2.05, 4.69) is 27.4 Å². The Bertz CT molecular complexity index is 1490. The van der Waals surface area contributed by atoms with Crippen molar-refractivity contribution in [3.05, 3.63) is 64.5 Å². The molecule has 1 aromatic heterocycles. The van der Waals surface area contributed by atoms with Crippen molar-refractivity contribution in [2.24, 2.45) is 7.05 Å². The van der Waals surface area contributed by atoms with Gasteiger partial charge in [0, 0.05) is 81.5 Å². The third-order valence-corrected chi connectivity index (χ3v) is 8.59. The number of aryl methyl sites for hydroxylation is 2. The fourth-order valence-electron chi connectivity index (χ4n) is 6.41.